The van der Waals surface area contributed by atoms with E-state index in [0.29, 0.717) is 40.7 Å². The van der Waals surface area contributed by atoms with Crippen LogP contribution >= 0.6 is 0 Å². The zero-order valence-corrected chi connectivity index (χ0v) is 25.1. The zero-order chi connectivity index (χ0) is 33.1. The molecule has 3 aromatic carbocycles. The Labute approximate surface area is 266 Å². The van der Waals surface area contributed by atoms with E-state index in [1.54, 1.807) is 13.2 Å². The van der Waals surface area contributed by atoms with Crippen LogP contribution in [0.1, 0.15) is 35.6 Å². The molecule has 3 heterocycles. The van der Waals surface area contributed by atoms with Gasteiger partial charge in [0.15, 0.2) is 5.82 Å². The molecular weight excluding hydrogens is 621 g/mol. The SMILES string of the molecule is COCc1c(-c2ccc(NC(=O)Nc3cc(C(F)(F)F)ccc3F)c(F)c2)c2c(Nc3ccccc3)ncnn2c1C1CCNCC1. The molecule has 0 saturated carbocycles. The molecule has 0 spiro atoms. The molecule has 2 aromatic heterocycles. The average Bonchev–Trinajstić information content (AvgIpc) is 3.38. The number of para-hydroxylation sites is 1. The number of rotatable bonds is 8. The van der Waals surface area contributed by atoms with Crippen LogP contribution < -0.4 is 21.3 Å². The van der Waals surface area contributed by atoms with Crippen molar-refractivity contribution in [3.05, 3.63) is 102 Å². The van der Waals surface area contributed by atoms with Gasteiger partial charge in [0.25, 0.3) is 0 Å². The number of nitrogens with one attached hydrogen (secondary N) is 4. The van der Waals surface area contributed by atoms with Crippen molar-refractivity contribution < 1.29 is 31.5 Å². The highest BCUT2D eigenvalue weighted by Gasteiger charge is 2.32. The maximum absolute atomic E-state index is 15.7. The van der Waals surface area contributed by atoms with Gasteiger partial charge < -0.3 is 26.0 Å². The van der Waals surface area contributed by atoms with E-state index in [9.17, 15) is 22.4 Å². The van der Waals surface area contributed by atoms with Crippen LogP contribution in [0.3, 0.4) is 0 Å². The van der Waals surface area contributed by atoms with Crippen molar-refractivity contribution in [2.45, 2.75) is 31.5 Å². The number of nitrogens with zero attached hydrogens (tertiary/aromatic N) is 3. The summed E-state index contributed by atoms with van der Waals surface area (Å²) in [5, 5.41) is 15.6. The van der Waals surface area contributed by atoms with Crippen LogP contribution in [-0.4, -0.2) is 40.8 Å². The fourth-order valence-electron chi connectivity index (χ4n) is 5.87. The molecule has 1 aliphatic rings. The standard InChI is InChI=1S/C33H30F5N7O2/c1-47-17-23-28(20-7-10-26(25(35)15-20)43-32(46)44-27-16-21(33(36,37)38)8-9-24(27)34)30-31(42-22-5-3-2-4-6-22)40-18-41-45(30)29(23)19-11-13-39-14-12-19/h2-10,15-16,18-19,39H,11-14,17H2,1H3,(H,40,41,42)(H2,43,44,46). The van der Waals surface area contributed by atoms with Gasteiger partial charge in [0.2, 0.25) is 0 Å². The molecule has 1 fully saturated rings. The van der Waals surface area contributed by atoms with Crippen LogP contribution in [-0.2, 0) is 17.5 Å². The van der Waals surface area contributed by atoms with Crippen LogP contribution in [0.25, 0.3) is 16.6 Å². The van der Waals surface area contributed by atoms with Crippen molar-refractivity contribution in [2.24, 2.45) is 0 Å². The number of hydrogen-bond acceptors (Lipinski definition) is 6. The third kappa shape index (κ3) is 6.74. The van der Waals surface area contributed by atoms with Crippen LogP contribution in [0, 0.1) is 11.6 Å². The minimum absolute atomic E-state index is 0.132. The highest BCUT2D eigenvalue weighted by atomic mass is 19.4. The first-order valence-corrected chi connectivity index (χ1v) is 14.8. The van der Waals surface area contributed by atoms with Gasteiger partial charge in [-0.15, -0.1) is 0 Å². The Morgan fingerprint density at radius 3 is 2.43 bits per heavy atom. The van der Waals surface area contributed by atoms with Gasteiger partial charge in [-0.1, -0.05) is 24.3 Å². The van der Waals surface area contributed by atoms with E-state index in [0.717, 1.165) is 42.9 Å². The lowest BCUT2D eigenvalue weighted by molar-refractivity contribution is -0.137. The number of halogens is 5. The van der Waals surface area contributed by atoms with Crippen molar-refractivity contribution in [1.82, 2.24) is 19.9 Å². The Balaban J connectivity index is 1.39. The monoisotopic (exact) mass is 651 g/mol. The van der Waals surface area contributed by atoms with E-state index in [2.05, 4.69) is 26.0 Å². The third-order valence-corrected chi connectivity index (χ3v) is 7.96. The second-order valence-corrected chi connectivity index (χ2v) is 11.0. The van der Waals surface area contributed by atoms with Crippen LogP contribution in [0.5, 0.6) is 0 Å². The predicted octanol–water partition coefficient (Wildman–Crippen LogP) is 7.69. The lowest BCUT2D eigenvalue weighted by Crippen LogP contribution is -2.28. The number of alkyl halides is 3. The summed E-state index contributed by atoms with van der Waals surface area (Å²) in [5.41, 5.74) is 2.10. The minimum atomic E-state index is -4.75. The maximum atomic E-state index is 15.7. The molecule has 0 atom stereocenters. The van der Waals surface area contributed by atoms with Gasteiger partial charge in [0.1, 0.15) is 23.5 Å². The molecule has 0 unspecified atom stereocenters. The molecule has 4 N–H and O–H groups in total. The normalized spacial score (nSPS) is 13.9. The van der Waals surface area contributed by atoms with Gasteiger partial charge in [-0.25, -0.2) is 23.1 Å². The van der Waals surface area contributed by atoms with Crippen LogP contribution in [0.15, 0.2) is 73.1 Å². The molecule has 9 nitrogen and oxygen atoms in total. The zero-order valence-electron chi connectivity index (χ0n) is 25.1. The molecule has 2 amide bonds. The van der Waals surface area contributed by atoms with Gasteiger partial charge in [-0.2, -0.15) is 18.3 Å². The number of ether oxygens (including phenoxy) is 1. The highest BCUT2D eigenvalue weighted by Crippen LogP contribution is 2.42. The number of benzene rings is 3. The highest BCUT2D eigenvalue weighted by molar-refractivity contribution is 6.00. The first-order valence-electron chi connectivity index (χ1n) is 14.8. The number of carbonyl (C=O) groups excluding carboxylic acids is 1. The van der Waals surface area contributed by atoms with Crippen molar-refractivity contribution in [3.63, 3.8) is 0 Å². The topological polar surface area (TPSA) is 105 Å². The number of anilines is 4. The smallest absolute Gasteiger partial charge is 0.380 e. The summed E-state index contributed by atoms with van der Waals surface area (Å²) in [6.07, 6.45) is -1.58. The minimum Gasteiger partial charge on any atom is -0.380 e. The van der Waals surface area contributed by atoms with E-state index in [1.165, 1.54) is 18.5 Å². The first-order chi connectivity index (χ1) is 22.6. The molecule has 1 aliphatic heterocycles. The average molecular weight is 652 g/mol. The Morgan fingerprint density at radius 2 is 1.72 bits per heavy atom. The van der Waals surface area contributed by atoms with Crippen molar-refractivity contribution >= 4 is 34.4 Å². The van der Waals surface area contributed by atoms with E-state index in [1.807, 2.05) is 40.2 Å². The van der Waals surface area contributed by atoms with E-state index in [-0.39, 0.29) is 18.2 Å². The summed E-state index contributed by atoms with van der Waals surface area (Å²) < 4.78 is 76.7. The summed E-state index contributed by atoms with van der Waals surface area (Å²) in [4.78, 5) is 17.2. The molecule has 47 heavy (non-hydrogen) atoms. The van der Waals surface area contributed by atoms with E-state index >= 15 is 4.39 Å². The second-order valence-electron chi connectivity index (χ2n) is 11.0. The number of piperidine rings is 1. The number of methoxy groups -OCH3 is 1. The molecule has 14 heteroatoms. The second kappa shape index (κ2) is 13.3. The van der Waals surface area contributed by atoms with Gasteiger partial charge in [0.05, 0.1) is 29.2 Å². The van der Waals surface area contributed by atoms with Gasteiger partial charge >= 0.3 is 12.2 Å². The van der Waals surface area contributed by atoms with Gasteiger partial charge in [-0.3, -0.25) is 0 Å². The summed E-state index contributed by atoms with van der Waals surface area (Å²) in [5.74, 6) is -1.29. The number of hydrogen-bond donors (Lipinski definition) is 4. The van der Waals surface area contributed by atoms with Crippen molar-refractivity contribution in [2.75, 3.05) is 36.1 Å². The Morgan fingerprint density at radius 1 is 0.979 bits per heavy atom. The summed E-state index contributed by atoms with van der Waals surface area (Å²) >= 11 is 0. The fraction of sp³-hybridized carbons (Fsp3) is 0.242. The molecule has 6 rings (SSSR count). The van der Waals surface area contributed by atoms with Crippen LogP contribution in [0.2, 0.25) is 0 Å². The van der Waals surface area contributed by atoms with E-state index in [4.69, 9.17) is 4.74 Å². The fourth-order valence-corrected chi connectivity index (χ4v) is 5.87. The molecule has 0 bridgehead atoms. The number of fused-ring (bicyclic) bond motifs is 1. The molecular formula is C33H30F5N7O2. The summed E-state index contributed by atoms with van der Waals surface area (Å²) in [6, 6.07) is 14.1. The van der Waals surface area contributed by atoms with Crippen molar-refractivity contribution in [3.8, 4) is 11.1 Å². The van der Waals surface area contributed by atoms with Gasteiger partial charge in [0, 0.05) is 29.8 Å². The molecule has 0 aliphatic carbocycles. The third-order valence-electron chi connectivity index (χ3n) is 7.96. The summed E-state index contributed by atoms with van der Waals surface area (Å²) in [6.45, 7) is 1.85. The maximum Gasteiger partial charge on any atom is 0.416 e. The molecule has 244 valence electrons. The molecule has 5 aromatic rings. The largest absolute Gasteiger partial charge is 0.416 e. The Hall–Kier alpha value is -5.08. The number of carbonyl (C=O) groups is 1. The molecule has 1 saturated heterocycles. The number of aromatic nitrogens is 3. The van der Waals surface area contributed by atoms with Crippen molar-refractivity contribution in [1.29, 1.82) is 0 Å². The van der Waals surface area contributed by atoms with Crippen LogP contribution in [0.4, 0.5) is 49.6 Å². The predicted molar refractivity (Wildman–Crippen MR) is 168 cm³/mol. The lowest BCUT2D eigenvalue weighted by atomic mass is 9.90. The quantitative estimate of drug-likeness (QED) is 0.128. The Bertz CT molecular complexity index is 1910. The summed E-state index contributed by atoms with van der Waals surface area (Å²) in [7, 11) is 1.58. The molecule has 0 radical (unpaired) electrons. The number of urea groups is 1. The Kier molecular flexibility index (Phi) is 9.05. The lowest BCUT2D eigenvalue weighted by Gasteiger charge is -2.23. The van der Waals surface area contributed by atoms with Gasteiger partial charge in [-0.05, 0) is 74.0 Å². The number of amides is 2. The van der Waals surface area contributed by atoms with E-state index < -0.39 is 35.1 Å². The first kappa shape index (κ1) is 31.9.